The maximum atomic E-state index is 14.7. The maximum absolute atomic E-state index is 14.7. The van der Waals surface area contributed by atoms with Gasteiger partial charge in [0.1, 0.15) is 27.0 Å². The minimum atomic E-state index is -0.780. The van der Waals surface area contributed by atoms with Crippen molar-refractivity contribution in [2.45, 2.75) is 96.5 Å². The molecular weight excluding hydrogens is 615 g/mol. The Hall–Kier alpha value is -4.04. The number of nitrogens with one attached hydrogen (secondary N) is 3. The van der Waals surface area contributed by atoms with Gasteiger partial charge in [0.05, 0.1) is 29.7 Å². The highest BCUT2D eigenvalue weighted by Crippen LogP contribution is 2.38. The largest absolute Gasteiger partial charge is 0.444 e. The molecule has 12 nitrogen and oxygen atoms in total. The van der Waals surface area contributed by atoms with Crippen LogP contribution in [0.5, 0.6) is 0 Å². The molecule has 3 N–H and O–H groups in total. The van der Waals surface area contributed by atoms with Crippen molar-refractivity contribution in [3.8, 4) is 10.6 Å². The van der Waals surface area contributed by atoms with Crippen molar-refractivity contribution in [2.75, 3.05) is 17.7 Å². The summed E-state index contributed by atoms with van der Waals surface area (Å²) in [4.78, 5) is 43.4. The summed E-state index contributed by atoms with van der Waals surface area (Å²) in [5.74, 6) is -1.13. The van der Waals surface area contributed by atoms with Crippen LogP contribution in [-0.4, -0.2) is 63.3 Å². The number of halogens is 1. The number of amides is 3. The van der Waals surface area contributed by atoms with Crippen molar-refractivity contribution in [1.29, 1.82) is 0 Å². The number of aryl methyl sites for hydroxylation is 1. The second kappa shape index (κ2) is 14.2. The first kappa shape index (κ1) is 34.8. The number of hydrogen-bond donors (Lipinski definition) is 3. The quantitative estimate of drug-likeness (QED) is 0.234. The molecule has 2 heterocycles. The van der Waals surface area contributed by atoms with Gasteiger partial charge < -0.3 is 24.8 Å². The Morgan fingerprint density at radius 1 is 0.957 bits per heavy atom. The molecule has 0 aliphatic heterocycles. The van der Waals surface area contributed by atoms with E-state index in [1.807, 2.05) is 20.8 Å². The third-order valence-corrected chi connectivity index (χ3v) is 8.26. The zero-order chi connectivity index (χ0) is 33.8. The maximum Gasteiger partial charge on any atom is 0.412 e. The standard InChI is InChI=1S/C32H43FN6O6S/c1-31(2,3)44-29(41)36-21-15-13-18(14-16-23(21)43-8)25-22(17-34-39(25)7)35-26(40)24-28(38-30(42)45-32(4,5)6)46-27(37-24)19-11-9-10-12-20(19)33/h9-12,17-18,21,23H,13-16H2,1-8H3,(H,35,40)(H,36,41)(H,38,42). The summed E-state index contributed by atoms with van der Waals surface area (Å²) in [5, 5.41) is 13.2. The molecule has 3 amide bonds. The number of thiazole rings is 1. The van der Waals surface area contributed by atoms with Crippen LogP contribution >= 0.6 is 11.3 Å². The summed E-state index contributed by atoms with van der Waals surface area (Å²) >= 11 is 0.968. The van der Waals surface area contributed by atoms with Crippen LogP contribution in [0.2, 0.25) is 0 Å². The third-order valence-electron chi connectivity index (χ3n) is 7.26. The van der Waals surface area contributed by atoms with E-state index in [2.05, 4.69) is 26.0 Å². The molecule has 0 bridgehead atoms. The van der Waals surface area contributed by atoms with E-state index in [-0.39, 0.29) is 39.3 Å². The van der Waals surface area contributed by atoms with Crippen molar-refractivity contribution in [3.63, 3.8) is 0 Å². The van der Waals surface area contributed by atoms with Crippen molar-refractivity contribution >= 4 is 40.1 Å². The first-order valence-electron chi connectivity index (χ1n) is 15.2. The molecule has 2 aromatic heterocycles. The van der Waals surface area contributed by atoms with Crippen molar-refractivity contribution in [2.24, 2.45) is 7.05 Å². The molecular formula is C32H43FN6O6S. The topological polar surface area (TPSA) is 146 Å². The first-order valence-corrected chi connectivity index (χ1v) is 16.0. The van der Waals surface area contributed by atoms with Gasteiger partial charge in [0.15, 0.2) is 5.69 Å². The number of alkyl carbamates (subject to hydrolysis) is 1. The third kappa shape index (κ3) is 9.03. The van der Waals surface area contributed by atoms with Gasteiger partial charge in [-0.25, -0.2) is 19.0 Å². The van der Waals surface area contributed by atoms with E-state index in [4.69, 9.17) is 14.2 Å². The summed E-state index contributed by atoms with van der Waals surface area (Å²) < 4.78 is 33.0. The van der Waals surface area contributed by atoms with Crippen molar-refractivity contribution < 1.29 is 33.0 Å². The van der Waals surface area contributed by atoms with Gasteiger partial charge in [-0.2, -0.15) is 5.10 Å². The van der Waals surface area contributed by atoms with Gasteiger partial charge in [-0.3, -0.25) is 14.8 Å². The lowest BCUT2D eigenvalue weighted by molar-refractivity contribution is 0.0316. The summed E-state index contributed by atoms with van der Waals surface area (Å²) in [7, 11) is 3.42. The summed E-state index contributed by atoms with van der Waals surface area (Å²) in [5.41, 5.74) is -0.0245. The molecule has 14 heteroatoms. The minimum Gasteiger partial charge on any atom is -0.444 e. The minimum absolute atomic E-state index is 0.0188. The number of anilines is 2. The van der Waals surface area contributed by atoms with Crippen molar-refractivity contribution in [1.82, 2.24) is 20.1 Å². The highest BCUT2D eigenvalue weighted by atomic mass is 32.1. The molecule has 4 rings (SSSR count). The number of rotatable bonds is 7. The van der Waals surface area contributed by atoms with Gasteiger partial charge in [0, 0.05) is 25.6 Å². The number of carbonyl (C=O) groups excluding carboxylic acids is 3. The van der Waals surface area contributed by atoms with Gasteiger partial charge in [-0.1, -0.05) is 23.5 Å². The van der Waals surface area contributed by atoms with Crippen LogP contribution < -0.4 is 16.0 Å². The lowest BCUT2D eigenvalue weighted by atomic mass is 9.95. The van der Waals surface area contributed by atoms with Crippen LogP contribution in [0.4, 0.5) is 24.7 Å². The average molecular weight is 659 g/mol. The van der Waals surface area contributed by atoms with E-state index >= 15 is 0 Å². The average Bonchev–Trinajstić information content (AvgIpc) is 3.44. The van der Waals surface area contributed by atoms with E-state index in [9.17, 15) is 18.8 Å². The Morgan fingerprint density at radius 2 is 1.61 bits per heavy atom. The first-order chi connectivity index (χ1) is 21.5. The fourth-order valence-corrected chi connectivity index (χ4v) is 6.35. The smallest absolute Gasteiger partial charge is 0.412 e. The predicted octanol–water partition coefficient (Wildman–Crippen LogP) is 6.85. The SMILES string of the molecule is COC1CCC(c2c(NC(=O)c3nc(-c4ccccc4F)sc3NC(=O)OC(C)(C)C)cnn2C)CCC1NC(=O)OC(C)(C)C. The van der Waals surface area contributed by atoms with E-state index < -0.39 is 35.1 Å². The molecule has 0 spiro atoms. The Balaban J connectivity index is 1.58. The molecule has 0 saturated heterocycles. The highest BCUT2D eigenvalue weighted by Gasteiger charge is 2.33. The highest BCUT2D eigenvalue weighted by molar-refractivity contribution is 7.19. The molecule has 0 radical (unpaired) electrons. The molecule has 250 valence electrons. The Bertz CT molecular complexity index is 1560. The molecule has 1 aliphatic rings. The summed E-state index contributed by atoms with van der Waals surface area (Å²) in [6.07, 6.45) is 2.74. The monoisotopic (exact) mass is 658 g/mol. The second-order valence-electron chi connectivity index (χ2n) is 13.2. The molecule has 1 fully saturated rings. The second-order valence-corrected chi connectivity index (χ2v) is 14.2. The summed E-state index contributed by atoms with van der Waals surface area (Å²) in [6.45, 7) is 10.6. The normalized spacial score (nSPS) is 18.8. The fourth-order valence-electron chi connectivity index (χ4n) is 5.37. The Kier molecular flexibility index (Phi) is 10.7. The molecule has 46 heavy (non-hydrogen) atoms. The molecule has 1 aliphatic carbocycles. The summed E-state index contributed by atoms with van der Waals surface area (Å²) in [6, 6.07) is 5.81. The van der Waals surface area contributed by atoms with Crippen LogP contribution in [-0.2, 0) is 21.3 Å². The zero-order valence-corrected chi connectivity index (χ0v) is 28.3. The van der Waals surface area contributed by atoms with Crippen LogP contribution in [0.25, 0.3) is 10.6 Å². The van der Waals surface area contributed by atoms with Crippen LogP contribution in [0.1, 0.15) is 89.3 Å². The van der Waals surface area contributed by atoms with E-state index in [0.29, 0.717) is 31.4 Å². The molecule has 3 unspecified atom stereocenters. The number of nitrogens with zero attached hydrogens (tertiary/aromatic N) is 3. The number of aromatic nitrogens is 3. The van der Waals surface area contributed by atoms with Gasteiger partial charge in [-0.05, 0) is 79.4 Å². The molecule has 3 atom stereocenters. The molecule has 1 aromatic carbocycles. The number of hydrogen-bond acceptors (Lipinski definition) is 9. The van der Waals surface area contributed by atoms with E-state index in [1.54, 1.807) is 64.0 Å². The van der Waals surface area contributed by atoms with Crippen molar-refractivity contribution in [3.05, 3.63) is 47.7 Å². The predicted molar refractivity (Wildman–Crippen MR) is 174 cm³/mol. The number of benzene rings is 1. The lowest BCUT2D eigenvalue weighted by Gasteiger charge is -2.27. The van der Waals surface area contributed by atoms with Crippen LogP contribution in [0.15, 0.2) is 30.5 Å². The number of ether oxygens (including phenoxy) is 3. The fraction of sp³-hybridized carbons (Fsp3) is 0.531. The van der Waals surface area contributed by atoms with E-state index in [1.165, 1.54) is 6.07 Å². The Labute approximate surface area is 272 Å². The lowest BCUT2D eigenvalue weighted by Crippen LogP contribution is -2.45. The van der Waals surface area contributed by atoms with Crippen LogP contribution in [0.3, 0.4) is 0 Å². The van der Waals surface area contributed by atoms with Gasteiger partial charge in [0.25, 0.3) is 5.91 Å². The molecule has 3 aromatic rings. The zero-order valence-electron chi connectivity index (χ0n) is 27.5. The number of carbonyl (C=O) groups is 3. The van der Waals surface area contributed by atoms with E-state index in [0.717, 1.165) is 17.0 Å². The van der Waals surface area contributed by atoms with Gasteiger partial charge in [-0.15, -0.1) is 0 Å². The Morgan fingerprint density at radius 3 is 2.26 bits per heavy atom. The van der Waals surface area contributed by atoms with Gasteiger partial charge in [0.2, 0.25) is 0 Å². The molecule has 1 saturated carbocycles. The number of methoxy groups -OCH3 is 1. The van der Waals surface area contributed by atoms with Crippen LogP contribution in [0, 0.1) is 5.82 Å². The van der Waals surface area contributed by atoms with Gasteiger partial charge >= 0.3 is 12.2 Å².